The van der Waals surface area contributed by atoms with Crippen LogP contribution in [0.3, 0.4) is 0 Å². The summed E-state index contributed by atoms with van der Waals surface area (Å²) in [5.74, 6) is -1.93. The van der Waals surface area contributed by atoms with Gasteiger partial charge in [-0.2, -0.15) is 0 Å². The molecule has 0 radical (unpaired) electrons. The monoisotopic (exact) mass is 278 g/mol. The molecule has 20 heavy (non-hydrogen) atoms. The molecule has 1 amide bonds. The van der Waals surface area contributed by atoms with Crippen LogP contribution in [0.4, 0.5) is 4.39 Å². The molecule has 0 saturated heterocycles. The summed E-state index contributed by atoms with van der Waals surface area (Å²) in [6, 6.07) is 5.42. The molecule has 1 aliphatic heterocycles. The molecule has 0 aromatic heterocycles. The van der Waals surface area contributed by atoms with Crippen molar-refractivity contribution in [3.63, 3.8) is 0 Å². The summed E-state index contributed by atoms with van der Waals surface area (Å²) in [7, 11) is 0. The largest absolute Gasteiger partial charge is 0.480 e. The first-order valence-electron chi connectivity index (χ1n) is 6.27. The highest BCUT2D eigenvalue weighted by Gasteiger charge is 2.43. The van der Waals surface area contributed by atoms with Crippen molar-refractivity contribution in [1.82, 2.24) is 4.90 Å². The zero-order valence-corrected chi connectivity index (χ0v) is 11.3. The van der Waals surface area contributed by atoms with Gasteiger partial charge in [0.05, 0.1) is 0 Å². The normalized spacial score (nSPS) is 22.1. The molecule has 1 atom stereocenters. The summed E-state index contributed by atoms with van der Waals surface area (Å²) in [6.45, 7) is 3.14. The van der Waals surface area contributed by atoms with Gasteiger partial charge in [0, 0.05) is 5.56 Å². The fraction of sp³-hybridized carbons (Fsp3) is 0.357. The van der Waals surface area contributed by atoms with E-state index < -0.39 is 29.9 Å². The fourth-order valence-corrected chi connectivity index (χ4v) is 2.14. The Balaban J connectivity index is 2.40. The number of halogens is 1. The third-order valence-electron chi connectivity index (χ3n) is 3.46. The van der Waals surface area contributed by atoms with Crippen LogP contribution < -0.4 is 0 Å². The SMILES string of the molecule is CCC1(C)N=C(c2ccc(F)cc2)C(=O)N1CC(=O)O. The van der Waals surface area contributed by atoms with Crippen LogP contribution in [0.2, 0.25) is 0 Å². The van der Waals surface area contributed by atoms with E-state index in [2.05, 4.69) is 4.99 Å². The Morgan fingerprint density at radius 1 is 1.40 bits per heavy atom. The zero-order valence-electron chi connectivity index (χ0n) is 11.3. The van der Waals surface area contributed by atoms with Gasteiger partial charge in [-0.3, -0.25) is 14.6 Å². The summed E-state index contributed by atoms with van der Waals surface area (Å²) in [4.78, 5) is 28.8. The number of aliphatic carboxylic acids is 1. The Morgan fingerprint density at radius 2 is 2.00 bits per heavy atom. The first-order valence-corrected chi connectivity index (χ1v) is 6.27. The molecule has 1 aliphatic rings. The molecule has 5 nitrogen and oxygen atoms in total. The minimum absolute atomic E-state index is 0.176. The summed E-state index contributed by atoms with van der Waals surface area (Å²) < 4.78 is 12.9. The standard InChI is InChI=1S/C14H15FN2O3/c1-3-14(2)16-12(9-4-6-10(15)7-5-9)13(20)17(14)8-11(18)19/h4-7H,3,8H2,1-2H3,(H,18,19). The van der Waals surface area contributed by atoms with E-state index in [0.29, 0.717) is 12.0 Å². The van der Waals surface area contributed by atoms with Gasteiger partial charge in [0.2, 0.25) is 0 Å². The Morgan fingerprint density at radius 3 is 2.50 bits per heavy atom. The quantitative estimate of drug-likeness (QED) is 0.910. The lowest BCUT2D eigenvalue weighted by Gasteiger charge is -2.30. The molecule has 2 rings (SSSR count). The molecule has 1 aromatic rings. The predicted molar refractivity (Wildman–Crippen MR) is 71.0 cm³/mol. The number of hydrogen-bond donors (Lipinski definition) is 1. The third-order valence-corrected chi connectivity index (χ3v) is 3.46. The number of aliphatic imine (C=N–C) groups is 1. The van der Waals surface area contributed by atoms with Crippen LogP contribution >= 0.6 is 0 Å². The van der Waals surface area contributed by atoms with E-state index in [1.165, 1.54) is 29.2 Å². The van der Waals surface area contributed by atoms with Crippen LogP contribution in [0.15, 0.2) is 29.3 Å². The maximum absolute atomic E-state index is 12.9. The van der Waals surface area contributed by atoms with Crippen LogP contribution in [0.25, 0.3) is 0 Å². The maximum atomic E-state index is 12.9. The smallest absolute Gasteiger partial charge is 0.323 e. The Kier molecular flexibility index (Phi) is 3.57. The van der Waals surface area contributed by atoms with E-state index >= 15 is 0 Å². The van der Waals surface area contributed by atoms with Crippen molar-refractivity contribution in [2.75, 3.05) is 6.54 Å². The molecule has 1 aromatic carbocycles. The van der Waals surface area contributed by atoms with Crippen molar-refractivity contribution in [3.8, 4) is 0 Å². The Labute approximate surface area is 115 Å². The van der Waals surface area contributed by atoms with Gasteiger partial charge in [-0.05, 0) is 37.6 Å². The first kappa shape index (κ1) is 14.2. The number of carboxylic acids is 1. The molecule has 0 aliphatic carbocycles. The molecular formula is C14H15FN2O3. The Hall–Kier alpha value is -2.24. The van der Waals surface area contributed by atoms with Gasteiger partial charge in [0.15, 0.2) is 0 Å². The molecule has 1 N–H and O–H groups in total. The van der Waals surface area contributed by atoms with Crippen molar-refractivity contribution in [3.05, 3.63) is 35.6 Å². The van der Waals surface area contributed by atoms with Gasteiger partial charge in [-0.1, -0.05) is 6.92 Å². The number of amides is 1. The number of benzene rings is 1. The van der Waals surface area contributed by atoms with Crippen LogP contribution in [0, 0.1) is 5.82 Å². The molecule has 0 fully saturated rings. The van der Waals surface area contributed by atoms with Gasteiger partial charge in [0.25, 0.3) is 5.91 Å². The molecular weight excluding hydrogens is 263 g/mol. The van der Waals surface area contributed by atoms with E-state index in [0.717, 1.165) is 0 Å². The highest BCUT2D eigenvalue weighted by Crippen LogP contribution is 2.29. The van der Waals surface area contributed by atoms with Gasteiger partial charge in [-0.15, -0.1) is 0 Å². The van der Waals surface area contributed by atoms with Gasteiger partial charge >= 0.3 is 5.97 Å². The molecule has 1 unspecified atom stereocenters. The number of carboxylic acid groups (broad SMARTS) is 1. The van der Waals surface area contributed by atoms with Crippen LogP contribution in [-0.4, -0.2) is 39.8 Å². The van der Waals surface area contributed by atoms with E-state index in [-0.39, 0.29) is 5.71 Å². The van der Waals surface area contributed by atoms with Crippen LogP contribution in [-0.2, 0) is 9.59 Å². The first-order chi connectivity index (χ1) is 9.37. The second-order valence-corrected chi connectivity index (χ2v) is 4.82. The molecule has 0 spiro atoms. The van der Waals surface area contributed by atoms with Crippen molar-refractivity contribution in [2.45, 2.75) is 25.9 Å². The number of carbonyl (C=O) groups excluding carboxylic acids is 1. The number of rotatable bonds is 4. The predicted octanol–water partition coefficient (Wildman–Crippen LogP) is 1.67. The fourth-order valence-electron chi connectivity index (χ4n) is 2.14. The molecule has 106 valence electrons. The van der Waals surface area contributed by atoms with Crippen molar-refractivity contribution in [1.29, 1.82) is 0 Å². The molecule has 0 saturated carbocycles. The summed E-state index contributed by atoms with van der Waals surface area (Å²) >= 11 is 0. The second-order valence-electron chi connectivity index (χ2n) is 4.82. The highest BCUT2D eigenvalue weighted by atomic mass is 19.1. The van der Waals surface area contributed by atoms with Crippen LogP contribution in [0.1, 0.15) is 25.8 Å². The molecule has 6 heteroatoms. The summed E-state index contributed by atoms with van der Waals surface area (Å²) in [5.41, 5.74) is -0.210. The zero-order chi connectivity index (χ0) is 14.9. The van der Waals surface area contributed by atoms with Crippen molar-refractivity contribution >= 4 is 17.6 Å². The van der Waals surface area contributed by atoms with E-state index in [1.54, 1.807) is 6.92 Å². The lowest BCUT2D eigenvalue weighted by atomic mass is 10.1. The van der Waals surface area contributed by atoms with Gasteiger partial charge < -0.3 is 10.0 Å². The van der Waals surface area contributed by atoms with Gasteiger partial charge in [0.1, 0.15) is 23.7 Å². The van der Waals surface area contributed by atoms with Crippen molar-refractivity contribution in [2.24, 2.45) is 4.99 Å². The molecule has 0 bridgehead atoms. The number of hydrogen-bond acceptors (Lipinski definition) is 3. The average Bonchev–Trinajstić information content (AvgIpc) is 2.65. The van der Waals surface area contributed by atoms with E-state index in [1.807, 2.05) is 6.92 Å². The summed E-state index contributed by atoms with van der Waals surface area (Å²) in [5, 5.41) is 8.92. The average molecular weight is 278 g/mol. The minimum Gasteiger partial charge on any atom is -0.480 e. The van der Waals surface area contributed by atoms with Crippen molar-refractivity contribution < 1.29 is 19.1 Å². The topological polar surface area (TPSA) is 70.0 Å². The highest BCUT2D eigenvalue weighted by molar-refractivity contribution is 6.46. The maximum Gasteiger partial charge on any atom is 0.323 e. The second kappa shape index (κ2) is 5.03. The lowest BCUT2D eigenvalue weighted by Crippen LogP contribution is -2.47. The van der Waals surface area contributed by atoms with Gasteiger partial charge in [-0.25, -0.2) is 4.39 Å². The van der Waals surface area contributed by atoms with E-state index in [9.17, 15) is 14.0 Å². The van der Waals surface area contributed by atoms with E-state index in [4.69, 9.17) is 5.11 Å². The van der Waals surface area contributed by atoms with Crippen LogP contribution in [0.5, 0.6) is 0 Å². The number of carbonyl (C=O) groups is 2. The summed E-state index contributed by atoms with van der Waals surface area (Å²) in [6.07, 6.45) is 0.497. The Bertz CT molecular complexity index is 583. The molecule has 1 heterocycles. The number of nitrogens with zero attached hydrogens (tertiary/aromatic N) is 2. The third kappa shape index (κ3) is 2.41. The lowest BCUT2D eigenvalue weighted by molar-refractivity contribution is -0.144. The minimum atomic E-state index is -1.09.